The summed E-state index contributed by atoms with van der Waals surface area (Å²) in [6.45, 7) is 6.35. The van der Waals surface area contributed by atoms with Gasteiger partial charge >= 0.3 is 0 Å². The Hall–Kier alpha value is -2.29. The van der Waals surface area contributed by atoms with Crippen LogP contribution in [0.15, 0.2) is 47.4 Å². The van der Waals surface area contributed by atoms with E-state index in [1.807, 2.05) is 26.0 Å². The van der Waals surface area contributed by atoms with Gasteiger partial charge < -0.3 is 15.0 Å². The molecule has 1 aliphatic rings. The fourth-order valence-corrected chi connectivity index (χ4v) is 4.70. The number of hydrogen-bond acceptors (Lipinski definition) is 5. The summed E-state index contributed by atoms with van der Waals surface area (Å²) in [5.41, 5.74) is 1.46. The number of carbonyl (C=O) groups is 1. The largest absolute Gasteiger partial charge is 0.378 e. The van der Waals surface area contributed by atoms with Crippen LogP contribution >= 0.6 is 11.6 Å². The van der Waals surface area contributed by atoms with Crippen molar-refractivity contribution in [3.05, 3.63) is 53.1 Å². The number of halogens is 1. The minimum absolute atomic E-state index is 0.0215. The molecule has 1 atom stereocenters. The lowest BCUT2D eigenvalue weighted by molar-refractivity contribution is 0.0939. The average Bonchev–Trinajstić information content (AvgIpc) is 2.74. The van der Waals surface area contributed by atoms with E-state index < -0.39 is 10.0 Å². The van der Waals surface area contributed by atoms with Crippen LogP contribution in [-0.2, 0) is 14.8 Å². The van der Waals surface area contributed by atoms with Crippen molar-refractivity contribution >= 4 is 38.9 Å². The number of hydrogen-bond donors (Lipinski definition) is 2. The minimum Gasteiger partial charge on any atom is -0.378 e. The lowest BCUT2D eigenvalue weighted by Crippen LogP contribution is -2.36. The fraction of sp³-hybridized carbons (Fsp3) is 0.381. The van der Waals surface area contributed by atoms with Gasteiger partial charge in [-0.3, -0.25) is 9.52 Å². The van der Waals surface area contributed by atoms with Gasteiger partial charge in [0.15, 0.2) is 0 Å². The molecule has 1 saturated heterocycles. The van der Waals surface area contributed by atoms with E-state index in [0.717, 1.165) is 12.1 Å². The molecule has 0 radical (unpaired) electrons. The van der Waals surface area contributed by atoms with E-state index in [1.165, 1.54) is 18.2 Å². The maximum absolute atomic E-state index is 13.1. The Bertz CT molecular complexity index is 1010. The number of morpholine rings is 1. The third kappa shape index (κ3) is 5.24. The molecular formula is C21H26ClN3O4S. The number of benzene rings is 2. The zero-order chi connectivity index (χ0) is 21.7. The molecule has 1 heterocycles. The van der Waals surface area contributed by atoms with Gasteiger partial charge in [0, 0.05) is 24.7 Å². The highest BCUT2D eigenvalue weighted by atomic mass is 35.5. The molecule has 3 rings (SSSR count). The van der Waals surface area contributed by atoms with Crippen molar-refractivity contribution in [2.24, 2.45) is 0 Å². The minimum atomic E-state index is -4.02. The van der Waals surface area contributed by atoms with Crippen LogP contribution in [0.2, 0.25) is 5.02 Å². The highest BCUT2D eigenvalue weighted by Gasteiger charge is 2.23. The highest BCUT2D eigenvalue weighted by molar-refractivity contribution is 7.92. The third-order valence-electron chi connectivity index (χ3n) is 4.97. The van der Waals surface area contributed by atoms with Crippen molar-refractivity contribution in [2.75, 3.05) is 35.9 Å². The Balaban J connectivity index is 1.89. The molecule has 7 nitrogen and oxygen atoms in total. The normalized spacial score (nSPS) is 15.5. The molecule has 2 aromatic rings. The zero-order valence-electron chi connectivity index (χ0n) is 17.0. The van der Waals surface area contributed by atoms with Gasteiger partial charge in [0.1, 0.15) is 4.90 Å². The summed E-state index contributed by atoms with van der Waals surface area (Å²) in [5.74, 6) is -0.341. The van der Waals surface area contributed by atoms with Crippen molar-refractivity contribution in [3.8, 4) is 0 Å². The van der Waals surface area contributed by atoms with E-state index in [2.05, 4.69) is 14.9 Å². The van der Waals surface area contributed by atoms with Gasteiger partial charge in [0.2, 0.25) is 0 Å². The maximum Gasteiger partial charge on any atom is 0.263 e. The van der Waals surface area contributed by atoms with Crippen molar-refractivity contribution in [1.29, 1.82) is 0 Å². The van der Waals surface area contributed by atoms with Crippen LogP contribution in [0.3, 0.4) is 0 Å². The quantitative estimate of drug-likeness (QED) is 0.672. The van der Waals surface area contributed by atoms with E-state index in [9.17, 15) is 13.2 Å². The second-order valence-electron chi connectivity index (χ2n) is 7.15. The van der Waals surface area contributed by atoms with Crippen molar-refractivity contribution in [1.82, 2.24) is 5.32 Å². The van der Waals surface area contributed by atoms with Crippen LogP contribution in [0.5, 0.6) is 0 Å². The van der Waals surface area contributed by atoms with E-state index in [0.29, 0.717) is 32.0 Å². The molecule has 1 aliphatic heterocycles. The van der Waals surface area contributed by atoms with Gasteiger partial charge in [-0.25, -0.2) is 8.42 Å². The van der Waals surface area contributed by atoms with Crippen molar-refractivity contribution in [3.63, 3.8) is 0 Å². The molecule has 2 aromatic carbocycles. The van der Waals surface area contributed by atoms with Gasteiger partial charge in [-0.05, 0) is 43.7 Å². The summed E-state index contributed by atoms with van der Waals surface area (Å²) >= 11 is 6.20. The fourth-order valence-electron chi connectivity index (χ4n) is 3.10. The number of para-hydroxylation sites is 2. The average molecular weight is 452 g/mol. The van der Waals surface area contributed by atoms with Gasteiger partial charge in [0.05, 0.1) is 29.6 Å². The molecule has 0 unspecified atom stereocenters. The molecule has 0 saturated carbocycles. The smallest absolute Gasteiger partial charge is 0.263 e. The molecule has 0 aliphatic carbocycles. The number of nitrogens with zero attached hydrogens (tertiary/aromatic N) is 1. The first-order chi connectivity index (χ1) is 14.3. The Morgan fingerprint density at radius 3 is 2.60 bits per heavy atom. The summed E-state index contributed by atoms with van der Waals surface area (Å²) < 4.78 is 34.3. The van der Waals surface area contributed by atoms with Gasteiger partial charge in [0.25, 0.3) is 15.9 Å². The lowest BCUT2D eigenvalue weighted by Gasteiger charge is -2.30. The second kappa shape index (κ2) is 9.68. The summed E-state index contributed by atoms with van der Waals surface area (Å²) in [6, 6.07) is 11.4. The number of nitrogens with one attached hydrogen (secondary N) is 2. The van der Waals surface area contributed by atoms with Gasteiger partial charge in [-0.15, -0.1) is 0 Å². The summed E-state index contributed by atoms with van der Waals surface area (Å²) in [4.78, 5) is 14.4. The number of amides is 1. The standard InChI is InChI=1S/C21H26ClN3O4S/c1-3-15(2)23-21(26)16-8-9-17(22)20(14-16)30(27,28)24-18-6-4-5-7-19(18)25-10-12-29-13-11-25/h4-9,14-15,24H,3,10-13H2,1-2H3,(H,23,26)/t15-/m0/s1. The number of anilines is 2. The SMILES string of the molecule is CC[C@H](C)NC(=O)c1ccc(Cl)c(S(=O)(=O)Nc2ccccc2N2CCOCC2)c1. The lowest BCUT2D eigenvalue weighted by atomic mass is 10.2. The first-order valence-corrected chi connectivity index (χ1v) is 11.7. The predicted molar refractivity (Wildman–Crippen MR) is 119 cm³/mol. The third-order valence-corrected chi connectivity index (χ3v) is 6.82. The number of ether oxygens (including phenoxy) is 1. The van der Waals surface area contributed by atoms with Crippen LogP contribution < -0.4 is 14.9 Å². The van der Waals surface area contributed by atoms with Gasteiger partial charge in [-0.2, -0.15) is 0 Å². The Labute approximate surface area is 182 Å². The number of rotatable bonds is 7. The summed E-state index contributed by atoms with van der Waals surface area (Å²) in [5, 5.41) is 2.88. The molecular weight excluding hydrogens is 426 g/mol. The zero-order valence-corrected chi connectivity index (χ0v) is 18.6. The molecule has 9 heteroatoms. The van der Waals surface area contributed by atoms with E-state index in [-0.39, 0.29) is 27.4 Å². The molecule has 162 valence electrons. The van der Waals surface area contributed by atoms with Crippen molar-refractivity contribution in [2.45, 2.75) is 31.2 Å². The van der Waals surface area contributed by atoms with Crippen LogP contribution in [0.4, 0.5) is 11.4 Å². The molecule has 0 aromatic heterocycles. The summed E-state index contributed by atoms with van der Waals surface area (Å²) in [6.07, 6.45) is 0.768. The first kappa shape index (κ1) is 22.4. The van der Waals surface area contributed by atoms with Gasteiger partial charge in [-0.1, -0.05) is 30.7 Å². The van der Waals surface area contributed by atoms with E-state index >= 15 is 0 Å². The molecule has 0 spiro atoms. The van der Waals surface area contributed by atoms with Crippen molar-refractivity contribution < 1.29 is 17.9 Å². The number of sulfonamides is 1. The van der Waals surface area contributed by atoms with E-state index in [4.69, 9.17) is 16.3 Å². The Kier molecular flexibility index (Phi) is 7.23. The summed E-state index contributed by atoms with van der Waals surface area (Å²) in [7, 11) is -4.02. The highest BCUT2D eigenvalue weighted by Crippen LogP contribution is 2.31. The molecule has 30 heavy (non-hydrogen) atoms. The number of carbonyl (C=O) groups excluding carboxylic acids is 1. The first-order valence-electron chi connectivity index (χ1n) is 9.86. The predicted octanol–water partition coefficient (Wildman–Crippen LogP) is 3.51. The van der Waals surface area contributed by atoms with Crippen LogP contribution in [0.25, 0.3) is 0 Å². The topological polar surface area (TPSA) is 87.7 Å². The molecule has 1 amide bonds. The maximum atomic E-state index is 13.1. The second-order valence-corrected chi connectivity index (χ2v) is 9.21. The van der Waals surface area contributed by atoms with E-state index in [1.54, 1.807) is 12.1 Å². The van der Waals surface area contributed by atoms with Crippen LogP contribution in [0, 0.1) is 0 Å². The monoisotopic (exact) mass is 451 g/mol. The Morgan fingerprint density at radius 2 is 1.90 bits per heavy atom. The molecule has 2 N–H and O–H groups in total. The molecule has 0 bridgehead atoms. The Morgan fingerprint density at radius 1 is 1.20 bits per heavy atom. The van der Waals surface area contributed by atoms with Crippen LogP contribution in [-0.4, -0.2) is 46.7 Å². The van der Waals surface area contributed by atoms with Crippen LogP contribution in [0.1, 0.15) is 30.6 Å². The molecule has 1 fully saturated rings.